The van der Waals surface area contributed by atoms with Crippen LogP contribution in [-0.4, -0.2) is 4.57 Å². The zero-order chi connectivity index (χ0) is 30.7. The van der Waals surface area contributed by atoms with Gasteiger partial charge < -0.3 is 9.47 Å². The largest absolute Gasteiger partial charge is 0.308 e. The highest BCUT2D eigenvalue weighted by Crippen LogP contribution is 2.54. The SMILES string of the molecule is CC1(C)c2ccc#cc2N(c2c(C#N)cccc2C2=C(n3c4ccccc4c4ccccc43)C(C#N)=CCC2)c2ccccc21. The number of nitriles is 2. The van der Waals surface area contributed by atoms with Crippen LogP contribution < -0.4 is 4.90 Å². The standard InChI is InChI=1S/C41H28N4/c1-41(2)33-19-5-9-23-37(33)45(38-24-10-6-20-34(38)41)40-28(26-43)14-12-18-32(40)31-17-11-13-27(25-42)39(31)44-35-21-7-3-15-29(35)30-16-4-8-22-36(30)44/h3-9,12-16,18-23H,11,17H2,1-2H3. The maximum absolute atomic E-state index is 10.6. The smallest absolute Gasteiger partial charge is 0.102 e. The van der Waals surface area contributed by atoms with Gasteiger partial charge in [-0.1, -0.05) is 92.7 Å². The molecule has 212 valence electrons. The van der Waals surface area contributed by atoms with Gasteiger partial charge in [-0.3, -0.25) is 0 Å². The number of para-hydroxylation sites is 4. The lowest BCUT2D eigenvalue weighted by Crippen LogP contribution is -2.31. The van der Waals surface area contributed by atoms with Gasteiger partial charge in [0, 0.05) is 21.8 Å². The topological polar surface area (TPSA) is 55.8 Å². The number of aromatic nitrogens is 1. The molecule has 0 saturated carbocycles. The van der Waals surface area contributed by atoms with Crippen LogP contribution in [0.1, 0.15) is 48.9 Å². The van der Waals surface area contributed by atoms with Crippen molar-refractivity contribution < 1.29 is 0 Å². The monoisotopic (exact) mass is 576 g/mol. The first kappa shape index (κ1) is 26.6. The van der Waals surface area contributed by atoms with Crippen molar-refractivity contribution in [1.82, 2.24) is 4.57 Å². The summed E-state index contributed by atoms with van der Waals surface area (Å²) in [5.41, 5.74) is 10.9. The van der Waals surface area contributed by atoms with Gasteiger partial charge in [0.1, 0.15) is 17.8 Å². The van der Waals surface area contributed by atoms with E-state index in [1.54, 1.807) is 0 Å². The van der Waals surface area contributed by atoms with Crippen molar-refractivity contribution in [3.05, 3.63) is 149 Å². The molecule has 4 nitrogen and oxygen atoms in total. The average Bonchev–Trinajstić information content (AvgIpc) is 3.42. The summed E-state index contributed by atoms with van der Waals surface area (Å²) in [5.74, 6) is 0. The van der Waals surface area contributed by atoms with E-state index < -0.39 is 0 Å². The zero-order valence-electron chi connectivity index (χ0n) is 25.1. The van der Waals surface area contributed by atoms with Crippen molar-refractivity contribution in [1.29, 1.82) is 10.5 Å². The summed E-state index contributed by atoms with van der Waals surface area (Å²) in [6, 6.07) is 46.8. The van der Waals surface area contributed by atoms with Crippen molar-refractivity contribution in [2.75, 3.05) is 4.90 Å². The van der Waals surface area contributed by atoms with Crippen LogP contribution in [0.5, 0.6) is 0 Å². The van der Waals surface area contributed by atoms with Crippen LogP contribution in [0.25, 0.3) is 33.1 Å². The average molecular weight is 577 g/mol. The van der Waals surface area contributed by atoms with Gasteiger partial charge in [-0.2, -0.15) is 10.5 Å². The number of nitrogens with zero attached hydrogens (tertiary/aromatic N) is 4. The minimum Gasteiger partial charge on any atom is -0.308 e. The van der Waals surface area contributed by atoms with Crippen LogP contribution >= 0.6 is 0 Å². The second-order valence-electron chi connectivity index (χ2n) is 12.1. The molecule has 0 saturated heterocycles. The maximum Gasteiger partial charge on any atom is 0.102 e. The Morgan fingerprint density at radius 2 is 1.47 bits per heavy atom. The zero-order valence-corrected chi connectivity index (χ0v) is 25.1. The Bertz CT molecular complexity index is 2230. The van der Waals surface area contributed by atoms with E-state index in [2.05, 4.69) is 114 Å². The molecular weight excluding hydrogens is 548 g/mol. The van der Waals surface area contributed by atoms with E-state index in [0.717, 1.165) is 74.1 Å². The summed E-state index contributed by atoms with van der Waals surface area (Å²) < 4.78 is 2.25. The van der Waals surface area contributed by atoms with Crippen LogP contribution in [0.2, 0.25) is 0 Å². The lowest BCUT2D eigenvalue weighted by molar-refractivity contribution is 0.632. The molecule has 45 heavy (non-hydrogen) atoms. The summed E-state index contributed by atoms with van der Waals surface area (Å²) in [6.45, 7) is 4.47. The highest BCUT2D eigenvalue weighted by Gasteiger charge is 2.38. The third kappa shape index (κ3) is 3.78. The molecule has 0 spiro atoms. The van der Waals surface area contributed by atoms with Gasteiger partial charge in [0.2, 0.25) is 0 Å². The number of allylic oxidation sites excluding steroid dienone is 4. The Morgan fingerprint density at radius 3 is 2.20 bits per heavy atom. The number of benzene rings is 4. The molecule has 0 N–H and O–H groups in total. The van der Waals surface area contributed by atoms with Crippen LogP contribution in [0.15, 0.2) is 115 Å². The fraction of sp³-hybridized carbons (Fsp3) is 0.122. The Hall–Kier alpha value is -6.02. The minimum atomic E-state index is -0.273. The highest BCUT2D eigenvalue weighted by molar-refractivity contribution is 6.13. The van der Waals surface area contributed by atoms with Gasteiger partial charge in [0.05, 0.1) is 39.2 Å². The molecular formula is C41H28N4. The number of anilines is 3. The molecule has 0 bridgehead atoms. The number of rotatable bonds is 3. The van der Waals surface area contributed by atoms with Crippen LogP contribution in [0, 0.1) is 34.8 Å². The van der Waals surface area contributed by atoms with E-state index in [1.807, 2.05) is 42.5 Å². The molecule has 0 fully saturated rings. The van der Waals surface area contributed by atoms with E-state index in [0.29, 0.717) is 11.1 Å². The first-order valence-electron chi connectivity index (χ1n) is 15.2. The van der Waals surface area contributed by atoms with Crippen LogP contribution in [-0.2, 0) is 5.41 Å². The normalized spacial score (nSPS) is 15.1. The molecule has 0 amide bonds. The van der Waals surface area contributed by atoms with E-state index in [-0.39, 0.29) is 5.41 Å². The summed E-state index contributed by atoms with van der Waals surface area (Å²) >= 11 is 0. The van der Waals surface area contributed by atoms with Gasteiger partial charge in [-0.25, -0.2) is 0 Å². The molecule has 0 unspecified atom stereocenters. The number of hydrogen-bond acceptors (Lipinski definition) is 3. The van der Waals surface area contributed by atoms with Crippen LogP contribution in [0.3, 0.4) is 0 Å². The minimum absolute atomic E-state index is 0.273. The first-order valence-corrected chi connectivity index (χ1v) is 15.2. The van der Waals surface area contributed by atoms with Crippen molar-refractivity contribution in [3.8, 4) is 12.1 Å². The summed E-state index contributed by atoms with van der Waals surface area (Å²) in [5, 5.41) is 23.5. The quantitative estimate of drug-likeness (QED) is 0.211. The predicted molar refractivity (Wildman–Crippen MR) is 181 cm³/mol. The Balaban J connectivity index is 1.50. The highest BCUT2D eigenvalue weighted by atomic mass is 15.2. The fourth-order valence-electron chi connectivity index (χ4n) is 7.39. The second-order valence-corrected chi connectivity index (χ2v) is 12.1. The molecule has 8 rings (SSSR count). The molecule has 0 radical (unpaired) electrons. The van der Waals surface area contributed by atoms with Crippen molar-refractivity contribution in [2.45, 2.75) is 32.1 Å². The van der Waals surface area contributed by atoms with Crippen molar-refractivity contribution >= 4 is 50.1 Å². The Morgan fingerprint density at radius 1 is 0.756 bits per heavy atom. The Labute approximate surface area is 263 Å². The summed E-state index contributed by atoms with van der Waals surface area (Å²) in [7, 11) is 0. The summed E-state index contributed by atoms with van der Waals surface area (Å²) in [6.07, 6.45) is 3.50. The van der Waals surface area contributed by atoms with Gasteiger partial charge in [0.25, 0.3) is 0 Å². The van der Waals surface area contributed by atoms with E-state index in [1.165, 1.54) is 5.56 Å². The van der Waals surface area contributed by atoms with E-state index >= 15 is 0 Å². The maximum atomic E-state index is 10.6. The second kappa shape index (κ2) is 10.0. The molecule has 1 aliphatic carbocycles. The number of hydrogen-bond donors (Lipinski definition) is 0. The molecule has 6 aromatic rings. The molecule has 0 atom stereocenters. The van der Waals surface area contributed by atoms with Gasteiger partial charge in [0.15, 0.2) is 0 Å². The molecule has 4 heteroatoms. The van der Waals surface area contributed by atoms with Crippen molar-refractivity contribution in [2.24, 2.45) is 0 Å². The van der Waals surface area contributed by atoms with E-state index in [4.69, 9.17) is 0 Å². The lowest BCUT2D eigenvalue weighted by atomic mass is 9.73. The lowest BCUT2D eigenvalue weighted by Gasteiger charge is -2.42. The molecule has 1 aliphatic heterocycles. The van der Waals surface area contributed by atoms with Gasteiger partial charge in [-0.05, 0) is 72.0 Å². The summed E-state index contributed by atoms with van der Waals surface area (Å²) in [4.78, 5) is 2.20. The molecule has 2 heterocycles. The van der Waals surface area contributed by atoms with Crippen molar-refractivity contribution in [3.63, 3.8) is 0 Å². The van der Waals surface area contributed by atoms with Gasteiger partial charge >= 0.3 is 0 Å². The third-order valence-electron chi connectivity index (χ3n) is 9.41. The molecule has 2 aliphatic rings. The molecule has 1 aromatic heterocycles. The third-order valence-corrected chi connectivity index (χ3v) is 9.41. The van der Waals surface area contributed by atoms with E-state index in [9.17, 15) is 10.5 Å². The number of fused-ring (bicyclic) bond motifs is 5. The van der Waals surface area contributed by atoms with Crippen LogP contribution in [0.4, 0.5) is 17.1 Å². The molecule has 5 aromatic carbocycles. The first-order chi connectivity index (χ1) is 22.0. The fourth-order valence-corrected chi connectivity index (χ4v) is 7.39. The van der Waals surface area contributed by atoms with Gasteiger partial charge in [-0.15, -0.1) is 0 Å². The predicted octanol–water partition coefficient (Wildman–Crippen LogP) is 9.99. The Kier molecular flexibility index (Phi) is 5.92.